The first kappa shape index (κ1) is 27.0. The van der Waals surface area contributed by atoms with Crippen molar-refractivity contribution in [2.75, 3.05) is 13.2 Å². The van der Waals surface area contributed by atoms with Gasteiger partial charge in [-0.15, -0.1) is 11.8 Å². The summed E-state index contributed by atoms with van der Waals surface area (Å²) < 4.78 is -0.530. The molecule has 3 heterocycles. The summed E-state index contributed by atoms with van der Waals surface area (Å²) in [7, 11) is 0. The number of thioether (sulfide) groups is 1. The Labute approximate surface area is 219 Å². The summed E-state index contributed by atoms with van der Waals surface area (Å²) >= 11 is 1.72. The highest BCUT2D eigenvalue weighted by molar-refractivity contribution is 8.02. The molecule has 1 spiro atoms. The van der Waals surface area contributed by atoms with Crippen LogP contribution in [0.25, 0.3) is 0 Å². The molecule has 8 heteroatoms. The van der Waals surface area contributed by atoms with Crippen LogP contribution in [0.1, 0.15) is 70.8 Å². The number of amides is 3. The van der Waals surface area contributed by atoms with Gasteiger partial charge in [0.15, 0.2) is 0 Å². The predicted molar refractivity (Wildman–Crippen MR) is 142 cm³/mol. The molecule has 3 fully saturated rings. The zero-order chi connectivity index (χ0) is 25.7. The second-order valence-corrected chi connectivity index (χ2v) is 12.2. The second kappa shape index (κ2) is 12.0. The smallest absolute Gasteiger partial charge is 0.244 e. The average molecular weight is 516 g/mol. The summed E-state index contributed by atoms with van der Waals surface area (Å²) in [5.41, 5.74) is 1.03. The number of unbranched alkanes of at least 4 members (excludes halogenated alkanes) is 3. The zero-order valence-corrected chi connectivity index (χ0v) is 22.4. The number of carbonyl (C=O) groups is 3. The highest BCUT2D eigenvalue weighted by atomic mass is 32.2. The van der Waals surface area contributed by atoms with Crippen LogP contribution in [0.15, 0.2) is 30.3 Å². The fourth-order valence-corrected chi connectivity index (χ4v) is 8.69. The van der Waals surface area contributed by atoms with E-state index in [1.54, 1.807) is 16.7 Å². The van der Waals surface area contributed by atoms with E-state index < -0.39 is 22.6 Å². The number of hydrogen-bond acceptors (Lipinski definition) is 5. The van der Waals surface area contributed by atoms with Crippen LogP contribution in [0, 0.1) is 11.8 Å². The van der Waals surface area contributed by atoms with E-state index in [0.29, 0.717) is 13.1 Å². The molecule has 2 bridgehead atoms. The molecule has 4 rings (SSSR count). The first-order chi connectivity index (χ1) is 17.4. The van der Waals surface area contributed by atoms with Gasteiger partial charge in [-0.2, -0.15) is 0 Å². The Bertz CT molecular complexity index is 929. The predicted octanol–water partition coefficient (Wildman–Crippen LogP) is 3.25. The number of aliphatic hydroxyl groups excluding tert-OH is 1. The Morgan fingerprint density at radius 1 is 1.17 bits per heavy atom. The molecule has 0 aliphatic carbocycles. The number of benzene rings is 1. The summed E-state index contributed by atoms with van der Waals surface area (Å²) in [4.78, 5) is 42.8. The van der Waals surface area contributed by atoms with Crippen molar-refractivity contribution in [1.29, 1.82) is 0 Å². The molecule has 3 unspecified atom stereocenters. The topological polar surface area (TPSA) is 98.7 Å². The van der Waals surface area contributed by atoms with Crippen LogP contribution in [0.2, 0.25) is 0 Å². The van der Waals surface area contributed by atoms with Crippen molar-refractivity contribution in [3.8, 4) is 0 Å². The molecule has 1 aromatic rings. The summed E-state index contributed by atoms with van der Waals surface area (Å²) in [6.07, 6.45) is 6.87. The van der Waals surface area contributed by atoms with Crippen LogP contribution in [0.5, 0.6) is 0 Å². The molecule has 0 saturated carbocycles. The van der Waals surface area contributed by atoms with E-state index in [-0.39, 0.29) is 35.6 Å². The van der Waals surface area contributed by atoms with Crippen molar-refractivity contribution in [1.82, 2.24) is 15.5 Å². The van der Waals surface area contributed by atoms with E-state index in [2.05, 4.69) is 17.6 Å². The number of likely N-dealkylation sites (tertiary alicyclic amines) is 1. The Morgan fingerprint density at radius 3 is 2.64 bits per heavy atom. The van der Waals surface area contributed by atoms with Gasteiger partial charge in [0, 0.05) is 31.0 Å². The first-order valence-corrected chi connectivity index (χ1v) is 14.5. The molecule has 7 nitrogen and oxygen atoms in total. The number of hydrogen-bond donors (Lipinski definition) is 3. The van der Waals surface area contributed by atoms with E-state index in [4.69, 9.17) is 5.11 Å². The van der Waals surface area contributed by atoms with Gasteiger partial charge in [0.25, 0.3) is 0 Å². The zero-order valence-electron chi connectivity index (χ0n) is 21.6. The molecule has 3 amide bonds. The van der Waals surface area contributed by atoms with Gasteiger partial charge in [-0.1, -0.05) is 56.5 Å². The molecule has 3 aliphatic heterocycles. The minimum atomic E-state index is -0.533. The molecule has 198 valence electrons. The van der Waals surface area contributed by atoms with Crippen molar-refractivity contribution >= 4 is 29.5 Å². The maximum absolute atomic E-state index is 13.9. The van der Waals surface area contributed by atoms with Gasteiger partial charge in [-0.05, 0) is 44.6 Å². The third-order valence-electron chi connectivity index (χ3n) is 8.08. The van der Waals surface area contributed by atoms with Crippen molar-refractivity contribution in [3.05, 3.63) is 35.9 Å². The van der Waals surface area contributed by atoms with Gasteiger partial charge in [-0.25, -0.2) is 0 Å². The molecule has 0 radical (unpaired) electrons. The van der Waals surface area contributed by atoms with Gasteiger partial charge >= 0.3 is 0 Å². The van der Waals surface area contributed by atoms with Gasteiger partial charge in [0.2, 0.25) is 17.7 Å². The average Bonchev–Trinajstić information content (AvgIpc) is 3.50. The van der Waals surface area contributed by atoms with E-state index >= 15 is 0 Å². The molecule has 36 heavy (non-hydrogen) atoms. The van der Waals surface area contributed by atoms with Gasteiger partial charge in [0.1, 0.15) is 6.04 Å². The third kappa shape index (κ3) is 5.30. The van der Waals surface area contributed by atoms with Crippen molar-refractivity contribution < 1.29 is 19.5 Å². The molecule has 3 aliphatic rings. The lowest BCUT2D eigenvalue weighted by atomic mass is 9.70. The van der Waals surface area contributed by atoms with Crippen LogP contribution in [-0.4, -0.2) is 63.0 Å². The van der Waals surface area contributed by atoms with E-state index in [1.807, 2.05) is 37.3 Å². The van der Waals surface area contributed by atoms with Crippen molar-refractivity contribution in [2.24, 2.45) is 11.8 Å². The SMILES string of the molecule is CCCC(C)NC(=O)C1N(CCCCCCO)C(=O)[C@@H]2[C@@H](C(=O)NCc3ccccc3)[C@H]3CCC12S3. The molecule has 6 atom stereocenters. The molecule has 0 aromatic heterocycles. The first-order valence-electron chi connectivity index (χ1n) is 13.6. The van der Waals surface area contributed by atoms with Crippen LogP contribution < -0.4 is 10.6 Å². The van der Waals surface area contributed by atoms with Gasteiger partial charge in [-0.3, -0.25) is 14.4 Å². The number of aliphatic hydroxyl groups is 1. The molecule has 1 aromatic carbocycles. The van der Waals surface area contributed by atoms with Crippen LogP contribution in [0.4, 0.5) is 0 Å². The normalized spacial score (nSPS) is 29.3. The van der Waals surface area contributed by atoms with Gasteiger partial charge < -0.3 is 20.6 Å². The molecule has 3 saturated heterocycles. The Morgan fingerprint density at radius 2 is 1.92 bits per heavy atom. The number of rotatable bonds is 13. The number of nitrogens with one attached hydrogen (secondary N) is 2. The fourth-order valence-electron chi connectivity index (χ4n) is 6.47. The minimum Gasteiger partial charge on any atom is -0.396 e. The lowest BCUT2D eigenvalue weighted by Crippen LogP contribution is -2.55. The second-order valence-electron chi connectivity index (χ2n) is 10.6. The Balaban J connectivity index is 1.53. The highest BCUT2D eigenvalue weighted by Crippen LogP contribution is 2.66. The quantitative estimate of drug-likeness (QED) is 0.350. The fraction of sp³-hybridized carbons (Fsp3) is 0.679. The molecular weight excluding hydrogens is 474 g/mol. The summed E-state index contributed by atoms with van der Waals surface area (Å²) in [6.45, 7) is 5.25. The Hall–Kier alpha value is -2.06. The summed E-state index contributed by atoms with van der Waals surface area (Å²) in [5.74, 6) is -1.02. The summed E-state index contributed by atoms with van der Waals surface area (Å²) in [5, 5.41) is 15.4. The monoisotopic (exact) mass is 515 g/mol. The lowest BCUT2D eigenvalue weighted by Gasteiger charge is -2.35. The lowest BCUT2D eigenvalue weighted by molar-refractivity contribution is -0.140. The highest BCUT2D eigenvalue weighted by Gasteiger charge is 2.73. The van der Waals surface area contributed by atoms with E-state index in [1.165, 1.54) is 0 Å². The van der Waals surface area contributed by atoms with Crippen molar-refractivity contribution in [3.63, 3.8) is 0 Å². The minimum absolute atomic E-state index is 0.0324. The standard InChI is InChI=1S/C28H41N3O4S/c1-3-11-19(2)30-26(34)24-28-15-14-21(36-28)22(25(33)29-18-20-12-7-6-8-13-20)23(28)27(35)31(24)16-9-4-5-10-17-32/h6-8,12-13,19,21-24,32H,3-5,9-11,14-18H2,1-2H3,(H,29,33)(H,30,34)/t19?,21-,22+,23+,24?,28?/m1/s1. The maximum atomic E-state index is 13.9. The van der Waals surface area contributed by atoms with Gasteiger partial charge in [0.05, 0.1) is 16.6 Å². The van der Waals surface area contributed by atoms with E-state index in [0.717, 1.165) is 56.9 Å². The van der Waals surface area contributed by atoms with Crippen molar-refractivity contribution in [2.45, 2.75) is 93.8 Å². The number of fused-ring (bicyclic) bond motifs is 1. The largest absolute Gasteiger partial charge is 0.396 e. The van der Waals surface area contributed by atoms with Crippen LogP contribution >= 0.6 is 11.8 Å². The van der Waals surface area contributed by atoms with Crippen LogP contribution in [-0.2, 0) is 20.9 Å². The molecule has 3 N–H and O–H groups in total. The number of nitrogens with zero attached hydrogens (tertiary/aromatic N) is 1. The Kier molecular flexibility index (Phi) is 8.99. The van der Waals surface area contributed by atoms with E-state index in [9.17, 15) is 14.4 Å². The molecular formula is C28H41N3O4S. The van der Waals surface area contributed by atoms with Crippen LogP contribution in [0.3, 0.4) is 0 Å². The summed E-state index contributed by atoms with van der Waals surface area (Å²) in [6, 6.07) is 9.33. The number of carbonyl (C=O) groups excluding carboxylic acids is 3. The third-order valence-corrected chi connectivity index (χ3v) is 10.0. The maximum Gasteiger partial charge on any atom is 0.244 e.